The highest BCUT2D eigenvalue weighted by molar-refractivity contribution is 7.94. The first-order valence-electron chi connectivity index (χ1n) is 10.5. The zero-order valence-corrected chi connectivity index (χ0v) is 19.4. The fourth-order valence-corrected chi connectivity index (χ4v) is 5.72. The van der Waals surface area contributed by atoms with Crippen LogP contribution in [0, 0.1) is 0 Å². The molecule has 0 spiro atoms. The summed E-state index contributed by atoms with van der Waals surface area (Å²) < 4.78 is 27.3. The molecule has 3 aromatic rings. The molecule has 0 radical (unpaired) electrons. The van der Waals surface area contributed by atoms with E-state index in [0.717, 1.165) is 36.4 Å². The minimum absolute atomic E-state index is 0.0464. The van der Waals surface area contributed by atoms with E-state index in [-0.39, 0.29) is 29.0 Å². The number of carbonyl (C=O) groups excluding carboxylic acids is 2. The van der Waals surface area contributed by atoms with E-state index >= 15 is 0 Å². The zero-order valence-electron chi connectivity index (χ0n) is 17.8. The molecule has 1 aromatic heterocycles. The number of hydrogen-bond acceptors (Lipinski definition) is 6. The Labute approximate surface area is 196 Å². The quantitative estimate of drug-likeness (QED) is 0.447. The van der Waals surface area contributed by atoms with Gasteiger partial charge in [-0.05, 0) is 53.6 Å². The number of aryl methyl sites for hydroxylation is 1. The molecule has 2 heterocycles. The van der Waals surface area contributed by atoms with Gasteiger partial charge in [-0.15, -0.1) is 11.3 Å². The van der Waals surface area contributed by atoms with Gasteiger partial charge in [0.2, 0.25) is 5.91 Å². The summed E-state index contributed by atoms with van der Waals surface area (Å²) in [6, 6.07) is 17.7. The number of rotatable bonds is 7. The average molecular weight is 485 g/mol. The maximum atomic E-state index is 12.3. The van der Waals surface area contributed by atoms with Crippen LogP contribution >= 0.6 is 11.3 Å². The zero-order chi connectivity index (χ0) is 23.3. The van der Waals surface area contributed by atoms with E-state index in [1.165, 1.54) is 11.6 Å². The van der Waals surface area contributed by atoms with Crippen LogP contribution in [0.25, 0.3) is 0 Å². The molecule has 2 amide bonds. The summed E-state index contributed by atoms with van der Waals surface area (Å²) in [5, 5.41) is 1.69. The molecule has 0 unspecified atom stereocenters. The van der Waals surface area contributed by atoms with Crippen molar-refractivity contribution in [2.75, 3.05) is 22.7 Å². The van der Waals surface area contributed by atoms with E-state index in [2.05, 4.69) is 21.6 Å². The second-order valence-electron chi connectivity index (χ2n) is 7.66. The molecule has 1 aliphatic rings. The van der Waals surface area contributed by atoms with Crippen molar-refractivity contribution in [2.45, 2.75) is 23.5 Å². The van der Waals surface area contributed by atoms with Gasteiger partial charge in [-0.1, -0.05) is 36.4 Å². The lowest BCUT2D eigenvalue weighted by Crippen LogP contribution is -2.47. The highest BCUT2D eigenvalue weighted by Crippen LogP contribution is 2.26. The summed E-state index contributed by atoms with van der Waals surface area (Å²) in [5.74, 6) is -0.660. The third-order valence-corrected chi connectivity index (χ3v) is 7.99. The van der Waals surface area contributed by atoms with E-state index in [1.54, 1.807) is 35.7 Å². The number of hydrazine groups is 1. The van der Waals surface area contributed by atoms with Gasteiger partial charge in [-0.2, -0.15) is 0 Å². The van der Waals surface area contributed by atoms with Crippen LogP contribution in [-0.4, -0.2) is 33.3 Å². The SMILES string of the molecule is O=C(Cc1ccc(NS(=O)(=O)c2cccs2)cc1)NNC(=O)CN1CCCc2ccccc21. The van der Waals surface area contributed by atoms with Crippen molar-refractivity contribution >= 4 is 44.5 Å². The number of thiophene rings is 1. The first-order chi connectivity index (χ1) is 15.9. The molecule has 0 atom stereocenters. The predicted octanol–water partition coefficient (Wildman–Crippen LogP) is 2.69. The van der Waals surface area contributed by atoms with Crippen molar-refractivity contribution < 1.29 is 18.0 Å². The van der Waals surface area contributed by atoms with Gasteiger partial charge in [0.1, 0.15) is 4.21 Å². The molecule has 0 saturated heterocycles. The Morgan fingerprint density at radius 2 is 1.70 bits per heavy atom. The van der Waals surface area contributed by atoms with Gasteiger partial charge in [0.25, 0.3) is 15.9 Å². The number of anilines is 2. The van der Waals surface area contributed by atoms with Gasteiger partial charge in [0, 0.05) is 17.9 Å². The van der Waals surface area contributed by atoms with Crippen molar-refractivity contribution in [2.24, 2.45) is 0 Å². The van der Waals surface area contributed by atoms with Gasteiger partial charge in [0.15, 0.2) is 0 Å². The predicted molar refractivity (Wildman–Crippen MR) is 129 cm³/mol. The van der Waals surface area contributed by atoms with E-state index in [1.807, 2.05) is 23.1 Å². The van der Waals surface area contributed by atoms with Gasteiger partial charge in [-0.25, -0.2) is 8.42 Å². The molecular formula is C23H24N4O4S2. The maximum absolute atomic E-state index is 12.3. The normalized spacial score (nSPS) is 13.2. The topological polar surface area (TPSA) is 108 Å². The Kier molecular flexibility index (Phi) is 6.95. The number of nitrogens with one attached hydrogen (secondary N) is 3. The van der Waals surface area contributed by atoms with Crippen molar-refractivity contribution in [1.29, 1.82) is 0 Å². The highest BCUT2D eigenvalue weighted by atomic mass is 32.2. The Hall–Kier alpha value is -3.37. The lowest BCUT2D eigenvalue weighted by atomic mass is 10.0. The number of hydrogen-bond donors (Lipinski definition) is 3. The minimum atomic E-state index is -3.62. The summed E-state index contributed by atoms with van der Waals surface area (Å²) in [5.41, 5.74) is 8.28. The number of benzene rings is 2. The second-order valence-corrected chi connectivity index (χ2v) is 10.5. The standard InChI is InChI=1S/C23H24N4O4S2/c28-21(24-25-22(29)16-27-13-3-6-18-5-1-2-7-20(18)27)15-17-9-11-19(12-10-17)26-33(30,31)23-8-4-14-32-23/h1-2,4-5,7-12,14,26H,3,6,13,15-16H2,(H,24,28)(H,25,29). The highest BCUT2D eigenvalue weighted by Gasteiger charge is 2.19. The number of fused-ring (bicyclic) bond motifs is 1. The average Bonchev–Trinajstić information content (AvgIpc) is 3.35. The van der Waals surface area contributed by atoms with Crippen molar-refractivity contribution in [3.63, 3.8) is 0 Å². The van der Waals surface area contributed by atoms with Gasteiger partial charge >= 0.3 is 0 Å². The van der Waals surface area contributed by atoms with E-state index in [4.69, 9.17) is 0 Å². The van der Waals surface area contributed by atoms with E-state index in [9.17, 15) is 18.0 Å². The first-order valence-corrected chi connectivity index (χ1v) is 12.8. The minimum Gasteiger partial charge on any atom is -0.362 e. The molecule has 8 nitrogen and oxygen atoms in total. The summed E-state index contributed by atoms with van der Waals surface area (Å²) in [4.78, 5) is 26.6. The smallest absolute Gasteiger partial charge is 0.271 e. The van der Waals surface area contributed by atoms with Gasteiger partial charge < -0.3 is 4.90 Å². The number of sulfonamides is 1. The van der Waals surface area contributed by atoms with Crippen LogP contribution in [0.15, 0.2) is 70.3 Å². The summed E-state index contributed by atoms with van der Waals surface area (Å²) in [6.07, 6.45) is 2.03. The van der Waals surface area contributed by atoms with Crippen LogP contribution < -0.4 is 20.5 Å². The lowest BCUT2D eigenvalue weighted by Gasteiger charge is -2.30. The van der Waals surface area contributed by atoms with E-state index < -0.39 is 10.0 Å². The first kappa shape index (κ1) is 22.8. The summed E-state index contributed by atoms with van der Waals surface area (Å²) in [6.45, 7) is 0.956. The molecule has 0 saturated carbocycles. The Balaban J connectivity index is 1.25. The molecule has 10 heteroatoms. The van der Waals surface area contributed by atoms with Crippen molar-refractivity contribution in [3.05, 3.63) is 77.2 Å². The molecule has 33 heavy (non-hydrogen) atoms. The molecule has 1 aliphatic heterocycles. The maximum Gasteiger partial charge on any atom is 0.271 e. The molecule has 2 aromatic carbocycles. The summed E-state index contributed by atoms with van der Waals surface area (Å²) >= 11 is 1.14. The van der Waals surface area contributed by atoms with E-state index in [0.29, 0.717) is 11.3 Å². The lowest BCUT2D eigenvalue weighted by molar-refractivity contribution is -0.127. The fraction of sp³-hybridized carbons (Fsp3) is 0.217. The molecule has 0 aliphatic carbocycles. The molecule has 4 rings (SSSR count). The molecule has 0 bridgehead atoms. The fourth-order valence-electron chi connectivity index (χ4n) is 3.67. The molecular weight excluding hydrogens is 460 g/mol. The van der Waals surface area contributed by atoms with Crippen LogP contribution in [0.2, 0.25) is 0 Å². The number of para-hydroxylation sites is 1. The second kappa shape index (κ2) is 10.1. The molecule has 3 N–H and O–H groups in total. The van der Waals surface area contributed by atoms with Crippen LogP contribution in [0.5, 0.6) is 0 Å². The Bertz CT molecular complexity index is 1230. The molecule has 0 fully saturated rings. The van der Waals surface area contributed by atoms with Crippen LogP contribution in [-0.2, 0) is 32.5 Å². The van der Waals surface area contributed by atoms with Gasteiger partial charge in [0.05, 0.1) is 13.0 Å². The third-order valence-electron chi connectivity index (χ3n) is 5.21. The number of carbonyl (C=O) groups is 2. The molecule has 172 valence electrons. The summed E-state index contributed by atoms with van der Waals surface area (Å²) in [7, 11) is -3.62. The van der Waals surface area contributed by atoms with Crippen LogP contribution in [0.1, 0.15) is 17.5 Å². The number of amides is 2. The van der Waals surface area contributed by atoms with Crippen molar-refractivity contribution in [3.8, 4) is 0 Å². The largest absolute Gasteiger partial charge is 0.362 e. The van der Waals surface area contributed by atoms with Crippen LogP contribution in [0.3, 0.4) is 0 Å². The van der Waals surface area contributed by atoms with Crippen molar-refractivity contribution in [1.82, 2.24) is 10.9 Å². The Morgan fingerprint density at radius 1 is 0.939 bits per heavy atom. The number of nitrogens with zero attached hydrogens (tertiary/aromatic N) is 1. The third kappa shape index (κ3) is 5.91. The Morgan fingerprint density at radius 3 is 2.45 bits per heavy atom. The van der Waals surface area contributed by atoms with Crippen LogP contribution in [0.4, 0.5) is 11.4 Å². The van der Waals surface area contributed by atoms with Gasteiger partial charge in [-0.3, -0.25) is 25.2 Å². The monoisotopic (exact) mass is 484 g/mol.